The first kappa shape index (κ1) is 20.5. The van der Waals surface area contributed by atoms with Gasteiger partial charge in [-0.05, 0) is 18.1 Å². The lowest BCUT2D eigenvalue weighted by molar-refractivity contribution is -2.00. The lowest BCUT2D eigenvalue weighted by Gasteiger charge is -2.17. The number of methoxy groups -OCH3 is 2. The highest BCUT2D eigenvalue weighted by Crippen LogP contribution is 2.41. The number of ether oxygens (including phenoxy) is 3. The minimum absolute atomic E-state index is 0.197. The number of pyridine rings is 1. The van der Waals surface area contributed by atoms with Gasteiger partial charge >= 0.3 is 5.88 Å². The van der Waals surface area contributed by atoms with Gasteiger partial charge in [0.05, 0.1) is 19.6 Å². The van der Waals surface area contributed by atoms with Gasteiger partial charge in [-0.2, -0.15) is 4.57 Å². The molecule has 144 valence electrons. The van der Waals surface area contributed by atoms with E-state index >= 15 is 0 Å². The standard InChI is InChI=1S/C17H22NO3.ClHO4/c1-10(2)14-9-12-16(20-5)11-7-6-8-13(19-4)15(11)18(3)17(12)21-14;2-1(3,4)5/h6-8,10,14H,9H2,1-5H3;(H,2,3,4,5)/q+1;/p-1/t14-;/m1./s1. The zero-order valence-electron chi connectivity index (χ0n) is 15.3. The van der Waals surface area contributed by atoms with Crippen LogP contribution in [-0.2, 0) is 13.5 Å². The van der Waals surface area contributed by atoms with Crippen molar-refractivity contribution in [3.8, 4) is 17.4 Å². The van der Waals surface area contributed by atoms with E-state index in [0.29, 0.717) is 5.92 Å². The summed E-state index contributed by atoms with van der Waals surface area (Å²) in [6.45, 7) is 4.37. The third kappa shape index (κ3) is 4.28. The molecule has 8 nitrogen and oxygen atoms in total. The van der Waals surface area contributed by atoms with Crippen LogP contribution in [0.2, 0.25) is 0 Å². The van der Waals surface area contributed by atoms with E-state index in [1.807, 2.05) is 19.2 Å². The summed E-state index contributed by atoms with van der Waals surface area (Å²) in [6.07, 6.45) is 1.08. The average molecular weight is 388 g/mol. The van der Waals surface area contributed by atoms with Crippen molar-refractivity contribution >= 4 is 10.9 Å². The molecule has 0 spiro atoms. The molecule has 1 aliphatic rings. The monoisotopic (exact) mass is 387 g/mol. The SMILES string of the molecule is COc1c2c([n+](C)c3c(OC)cccc13)O[C@@H](C(C)C)C2.[O-][Cl+3]([O-])([O-])[O-]. The Morgan fingerprint density at radius 3 is 2.27 bits per heavy atom. The molecule has 0 saturated carbocycles. The molecular formula is C17H22ClNO7. The van der Waals surface area contributed by atoms with Crippen molar-refractivity contribution in [2.24, 2.45) is 13.0 Å². The van der Waals surface area contributed by atoms with Crippen LogP contribution in [0.1, 0.15) is 19.4 Å². The number of aryl methyl sites for hydroxylation is 1. The lowest BCUT2D eigenvalue weighted by Crippen LogP contribution is -2.68. The van der Waals surface area contributed by atoms with Gasteiger partial charge in [-0.3, -0.25) is 0 Å². The van der Waals surface area contributed by atoms with E-state index in [4.69, 9.17) is 32.8 Å². The van der Waals surface area contributed by atoms with Crippen LogP contribution in [-0.4, -0.2) is 20.3 Å². The first-order valence-electron chi connectivity index (χ1n) is 7.92. The van der Waals surface area contributed by atoms with Crippen molar-refractivity contribution in [1.29, 1.82) is 0 Å². The Hall–Kier alpha value is -1.84. The highest BCUT2D eigenvalue weighted by atomic mass is 35.7. The van der Waals surface area contributed by atoms with Gasteiger partial charge in [0.2, 0.25) is 0 Å². The average Bonchev–Trinajstić information content (AvgIpc) is 2.99. The summed E-state index contributed by atoms with van der Waals surface area (Å²) in [6, 6.07) is 6.02. The van der Waals surface area contributed by atoms with Crippen LogP contribution in [0, 0.1) is 16.2 Å². The molecule has 2 aromatic rings. The third-order valence-electron chi connectivity index (χ3n) is 4.25. The number of fused-ring (bicyclic) bond motifs is 2. The van der Waals surface area contributed by atoms with Crippen molar-refractivity contribution < 1.29 is 47.7 Å². The molecule has 0 amide bonds. The van der Waals surface area contributed by atoms with E-state index in [1.54, 1.807) is 14.2 Å². The van der Waals surface area contributed by atoms with Crippen LogP contribution in [0.3, 0.4) is 0 Å². The fraction of sp³-hybridized carbons (Fsp3) is 0.471. The second-order valence-corrected chi connectivity index (χ2v) is 6.97. The number of benzene rings is 1. The summed E-state index contributed by atoms with van der Waals surface area (Å²) in [5.41, 5.74) is 2.15. The molecule has 1 atom stereocenters. The smallest absolute Gasteiger partial charge is 0.375 e. The van der Waals surface area contributed by atoms with Crippen LogP contribution in [0.15, 0.2) is 18.2 Å². The molecule has 0 radical (unpaired) electrons. The van der Waals surface area contributed by atoms with E-state index in [9.17, 15) is 0 Å². The molecule has 9 heteroatoms. The summed E-state index contributed by atoms with van der Waals surface area (Å²) in [7, 11) is 0.481. The van der Waals surface area contributed by atoms with Gasteiger partial charge in [-0.25, -0.2) is 18.6 Å². The van der Waals surface area contributed by atoms with E-state index in [2.05, 4.69) is 24.5 Å². The van der Waals surface area contributed by atoms with Gasteiger partial charge in [0.15, 0.2) is 5.75 Å². The van der Waals surface area contributed by atoms with Crippen LogP contribution >= 0.6 is 0 Å². The summed E-state index contributed by atoms with van der Waals surface area (Å²) < 4.78 is 53.4. The number of nitrogens with zero attached hydrogens (tertiary/aromatic N) is 1. The number of para-hydroxylation sites is 1. The minimum atomic E-state index is -4.94. The number of hydrogen-bond donors (Lipinski definition) is 0. The first-order chi connectivity index (χ1) is 12.1. The van der Waals surface area contributed by atoms with Gasteiger partial charge in [0.25, 0.3) is 5.52 Å². The maximum Gasteiger partial charge on any atom is 0.375 e. The molecule has 1 aromatic heterocycles. The topological polar surface area (TPSA) is 124 Å². The van der Waals surface area contributed by atoms with Crippen LogP contribution in [0.4, 0.5) is 0 Å². The number of aromatic nitrogens is 1. The highest BCUT2D eigenvalue weighted by Gasteiger charge is 2.38. The molecule has 0 bridgehead atoms. The molecule has 2 heterocycles. The predicted molar refractivity (Wildman–Crippen MR) is 81.2 cm³/mol. The molecule has 0 fully saturated rings. The Labute approximate surface area is 153 Å². The van der Waals surface area contributed by atoms with Crippen molar-refractivity contribution in [1.82, 2.24) is 0 Å². The fourth-order valence-corrected chi connectivity index (χ4v) is 3.10. The Balaban J connectivity index is 0.000000431. The lowest BCUT2D eigenvalue weighted by atomic mass is 10.0. The van der Waals surface area contributed by atoms with Gasteiger partial charge in [0, 0.05) is 6.42 Å². The molecular weight excluding hydrogens is 366 g/mol. The Morgan fingerprint density at radius 2 is 1.77 bits per heavy atom. The number of hydrogen-bond acceptors (Lipinski definition) is 7. The Bertz CT molecular complexity index is 783. The van der Waals surface area contributed by atoms with Gasteiger partial charge in [-0.1, -0.05) is 19.9 Å². The predicted octanol–water partition coefficient (Wildman–Crippen LogP) is -2.11. The van der Waals surface area contributed by atoms with Gasteiger partial charge in [-0.15, -0.1) is 10.2 Å². The quantitative estimate of drug-likeness (QED) is 0.552. The Morgan fingerprint density at radius 1 is 1.15 bits per heavy atom. The van der Waals surface area contributed by atoms with E-state index in [1.165, 1.54) is 0 Å². The molecule has 0 N–H and O–H groups in total. The first-order valence-corrected chi connectivity index (χ1v) is 9.15. The van der Waals surface area contributed by atoms with Crippen LogP contribution < -0.4 is 37.4 Å². The minimum Gasteiger partial charge on any atom is -0.495 e. The molecule has 0 aliphatic carbocycles. The summed E-state index contributed by atoms with van der Waals surface area (Å²) in [5.74, 6) is 3.09. The largest absolute Gasteiger partial charge is 0.495 e. The van der Waals surface area contributed by atoms with E-state index < -0.39 is 10.2 Å². The van der Waals surface area contributed by atoms with Crippen LogP contribution in [0.5, 0.6) is 17.4 Å². The molecule has 1 aliphatic heterocycles. The molecule has 0 saturated heterocycles. The van der Waals surface area contributed by atoms with Gasteiger partial charge in [0.1, 0.15) is 24.5 Å². The highest BCUT2D eigenvalue weighted by molar-refractivity contribution is 5.89. The number of rotatable bonds is 3. The maximum absolute atomic E-state index is 8.49. The van der Waals surface area contributed by atoms with E-state index in [-0.39, 0.29) is 6.10 Å². The maximum atomic E-state index is 8.49. The van der Waals surface area contributed by atoms with Crippen molar-refractivity contribution in [2.45, 2.75) is 26.4 Å². The summed E-state index contributed by atoms with van der Waals surface area (Å²) in [4.78, 5) is 0. The third-order valence-corrected chi connectivity index (χ3v) is 4.25. The van der Waals surface area contributed by atoms with Crippen molar-refractivity contribution in [3.63, 3.8) is 0 Å². The summed E-state index contributed by atoms with van der Waals surface area (Å²) >= 11 is 0. The van der Waals surface area contributed by atoms with Crippen molar-refractivity contribution in [2.75, 3.05) is 14.2 Å². The number of halogens is 1. The second-order valence-electron chi connectivity index (χ2n) is 6.21. The van der Waals surface area contributed by atoms with Crippen LogP contribution in [0.25, 0.3) is 10.9 Å². The zero-order valence-corrected chi connectivity index (χ0v) is 16.0. The molecule has 26 heavy (non-hydrogen) atoms. The zero-order chi connectivity index (χ0) is 19.6. The summed E-state index contributed by atoms with van der Waals surface area (Å²) in [5, 5.41) is 1.06. The molecule has 0 unspecified atom stereocenters. The normalized spacial score (nSPS) is 16.0. The fourth-order valence-electron chi connectivity index (χ4n) is 3.10. The van der Waals surface area contributed by atoms with E-state index in [0.717, 1.165) is 40.3 Å². The Kier molecular flexibility index (Phi) is 6.15. The van der Waals surface area contributed by atoms with Crippen molar-refractivity contribution in [3.05, 3.63) is 23.8 Å². The van der Waals surface area contributed by atoms with Gasteiger partial charge < -0.3 is 14.2 Å². The second kappa shape index (κ2) is 7.81. The molecule has 1 aromatic carbocycles. The molecule has 3 rings (SSSR count).